The van der Waals surface area contributed by atoms with Gasteiger partial charge >= 0.3 is 0 Å². The lowest BCUT2D eigenvalue weighted by atomic mass is 10.2. The summed E-state index contributed by atoms with van der Waals surface area (Å²) >= 11 is 6.18. The maximum absolute atomic E-state index is 8.48. The molecule has 170 valence electrons. The highest BCUT2D eigenvalue weighted by molar-refractivity contribution is 6.32. The Hall–Kier alpha value is -2.81. The summed E-state index contributed by atoms with van der Waals surface area (Å²) in [7, 11) is -5.75. The van der Waals surface area contributed by atoms with Crippen molar-refractivity contribution in [3.05, 3.63) is 41.7 Å². The van der Waals surface area contributed by atoms with Crippen molar-refractivity contribution in [3.63, 3.8) is 0 Å². The van der Waals surface area contributed by atoms with Crippen molar-refractivity contribution in [2.75, 3.05) is 58.8 Å². The number of anilines is 2. The van der Waals surface area contributed by atoms with Gasteiger partial charge < -0.3 is 24.3 Å². The van der Waals surface area contributed by atoms with Crippen molar-refractivity contribution in [2.45, 2.75) is 6.37 Å². The van der Waals surface area contributed by atoms with Crippen molar-refractivity contribution in [2.24, 2.45) is 0 Å². The second-order valence-electron chi connectivity index (χ2n) is 6.55. The molecule has 0 saturated carbocycles. The fourth-order valence-corrected chi connectivity index (χ4v) is 3.20. The first-order chi connectivity index (χ1) is 20.2. The zero-order valence-corrected chi connectivity index (χ0v) is 17.4. The lowest BCUT2D eigenvalue weighted by Gasteiger charge is -2.26. The molecule has 1 N–H and O–H groups in total. The third-order valence-electron chi connectivity index (χ3n) is 4.55. The molecule has 32 heavy (non-hydrogen) atoms. The fraction of sp³-hybridized carbons (Fsp3) is 0.391. The number of benzene rings is 2. The molecular formula is C23H27ClN4O4. The Morgan fingerprint density at radius 1 is 1.12 bits per heavy atom. The molecule has 0 amide bonds. The highest BCUT2D eigenvalue weighted by atomic mass is 35.5. The molecule has 0 atom stereocenters. The standard InChI is InChI=1S/C23H27ClN4O4/c1-29-20-5-4-16(12-18(20)24)27-23-17-13-22(21(30-2)14-19(17)25-15-26-23)32-9-3-6-28-7-10-31-11-8-28/h4-5,12-15H,3,6-11H2,1-2H3,(H,25,26,27)/i1D3,2D3,3D2,6D2,9D2. The van der Waals surface area contributed by atoms with E-state index in [0.29, 0.717) is 5.69 Å². The summed E-state index contributed by atoms with van der Waals surface area (Å²) in [5.41, 5.74) is 0.443. The minimum absolute atomic E-state index is 0.00562. The first-order valence-electron chi connectivity index (χ1n) is 15.5. The zero-order chi connectivity index (χ0) is 32.7. The van der Waals surface area contributed by atoms with Crippen LogP contribution in [0.3, 0.4) is 0 Å². The van der Waals surface area contributed by atoms with Gasteiger partial charge in [-0.25, -0.2) is 9.97 Å². The van der Waals surface area contributed by atoms with Crippen molar-refractivity contribution < 1.29 is 35.4 Å². The van der Waals surface area contributed by atoms with Gasteiger partial charge in [-0.1, -0.05) is 11.6 Å². The van der Waals surface area contributed by atoms with Gasteiger partial charge in [-0.3, -0.25) is 4.90 Å². The second kappa shape index (κ2) is 10.7. The lowest BCUT2D eigenvalue weighted by Crippen LogP contribution is -2.37. The van der Waals surface area contributed by atoms with Crippen molar-refractivity contribution in [1.29, 1.82) is 0 Å². The molecule has 3 aromatic rings. The lowest BCUT2D eigenvalue weighted by molar-refractivity contribution is 0.0357. The Morgan fingerprint density at radius 2 is 1.97 bits per heavy atom. The van der Waals surface area contributed by atoms with Gasteiger partial charge in [0.2, 0.25) is 0 Å². The van der Waals surface area contributed by atoms with E-state index >= 15 is 0 Å². The summed E-state index contributed by atoms with van der Waals surface area (Å²) in [5, 5.41) is 3.06. The Bertz CT molecular complexity index is 1500. The molecule has 0 aliphatic carbocycles. The number of ether oxygens (including phenoxy) is 4. The van der Waals surface area contributed by atoms with Crippen LogP contribution < -0.4 is 19.5 Å². The number of rotatable bonds is 9. The van der Waals surface area contributed by atoms with E-state index in [1.54, 1.807) is 0 Å². The van der Waals surface area contributed by atoms with Gasteiger partial charge in [0.1, 0.15) is 17.9 Å². The van der Waals surface area contributed by atoms with Crippen LogP contribution in [-0.4, -0.2) is 68.3 Å². The van der Waals surface area contributed by atoms with Gasteiger partial charge in [-0.15, -0.1) is 0 Å². The van der Waals surface area contributed by atoms with E-state index < -0.39 is 45.0 Å². The zero-order valence-electron chi connectivity index (χ0n) is 28.6. The summed E-state index contributed by atoms with van der Waals surface area (Å²) in [5.74, 6) is -1.09. The van der Waals surface area contributed by atoms with Gasteiger partial charge in [0.25, 0.3) is 0 Å². The number of morpholine rings is 1. The van der Waals surface area contributed by atoms with E-state index in [1.807, 2.05) is 0 Å². The van der Waals surface area contributed by atoms with Gasteiger partial charge in [-0.2, -0.15) is 0 Å². The number of nitrogens with one attached hydrogen (secondary N) is 1. The number of nitrogens with zero attached hydrogens (tertiary/aromatic N) is 3. The maximum atomic E-state index is 8.48. The molecule has 1 aliphatic rings. The molecule has 1 aliphatic heterocycles. The molecule has 0 bridgehead atoms. The van der Waals surface area contributed by atoms with Crippen LogP contribution in [0.2, 0.25) is 5.02 Å². The molecule has 1 saturated heterocycles. The highest BCUT2D eigenvalue weighted by Crippen LogP contribution is 2.35. The van der Waals surface area contributed by atoms with Crippen molar-refractivity contribution in [1.82, 2.24) is 14.9 Å². The smallest absolute Gasteiger partial charge is 0.162 e. The first kappa shape index (κ1) is 11.9. The summed E-state index contributed by atoms with van der Waals surface area (Å²) in [6, 6.07) is 6.39. The predicted octanol–water partition coefficient (Wildman–Crippen LogP) is 4.15. The monoisotopic (exact) mass is 470 g/mol. The van der Waals surface area contributed by atoms with Crippen LogP contribution in [0, 0.1) is 0 Å². The van der Waals surface area contributed by atoms with Crippen molar-refractivity contribution >= 4 is 34.0 Å². The van der Waals surface area contributed by atoms with E-state index in [0.717, 1.165) is 23.4 Å². The first-order valence-corrected chi connectivity index (χ1v) is 9.83. The molecule has 1 aromatic heterocycles. The van der Waals surface area contributed by atoms with Gasteiger partial charge in [0.15, 0.2) is 11.5 Å². The topological polar surface area (TPSA) is 78.0 Å². The third-order valence-corrected chi connectivity index (χ3v) is 4.85. The number of aromatic nitrogens is 2. The Morgan fingerprint density at radius 3 is 2.78 bits per heavy atom. The number of methoxy groups -OCH3 is 2. The van der Waals surface area contributed by atoms with Gasteiger partial charge in [-0.05, 0) is 30.6 Å². The number of hydrogen-bond acceptors (Lipinski definition) is 8. The van der Waals surface area contributed by atoms with Crippen LogP contribution in [0.15, 0.2) is 36.7 Å². The van der Waals surface area contributed by atoms with E-state index in [1.165, 1.54) is 18.2 Å². The van der Waals surface area contributed by atoms with Crippen LogP contribution in [0.4, 0.5) is 11.5 Å². The van der Waals surface area contributed by atoms with E-state index in [9.17, 15) is 0 Å². The molecule has 8 nitrogen and oxygen atoms in total. The third kappa shape index (κ3) is 5.32. The Kier molecular flexibility index (Phi) is 3.96. The fourth-order valence-electron chi connectivity index (χ4n) is 2.98. The quantitative estimate of drug-likeness (QED) is 0.499. The highest BCUT2D eigenvalue weighted by Gasteiger charge is 2.14. The van der Waals surface area contributed by atoms with Gasteiger partial charge in [0.05, 0.1) is 55.4 Å². The number of fused-ring (bicyclic) bond motifs is 1. The van der Waals surface area contributed by atoms with Crippen LogP contribution in [0.25, 0.3) is 10.9 Å². The van der Waals surface area contributed by atoms with Crippen LogP contribution in [0.5, 0.6) is 17.2 Å². The Balaban J connectivity index is 1.74. The van der Waals surface area contributed by atoms with E-state index in [2.05, 4.69) is 15.3 Å². The number of halogens is 1. The van der Waals surface area contributed by atoms with E-state index in [4.69, 9.17) is 47.0 Å². The van der Waals surface area contributed by atoms with E-state index in [-0.39, 0.29) is 53.8 Å². The summed E-state index contributed by atoms with van der Waals surface area (Å²) in [4.78, 5) is 9.38. The molecule has 9 heteroatoms. The molecule has 2 aromatic carbocycles. The van der Waals surface area contributed by atoms with Crippen LogP contribution >= 0.6 is 11.6 Å². The summed E-state index contributed by atoms with van der Waals surface area (Å²) in [6.07, 6.45) is -2.15. The largest absolute Gasteiger partial charge is 0.495 e. The van der Waals surface area contributed by atoms with Crippen LogP contribution in [0.1, 0.15) is 22.8 Å². The molecule has 4 rings (SSSR count). The molecule has 1 fully saturated rings. The molecular weight excluding hydrogens is 432 g/mol. The van der Waals surface area contributed by atoms with Gasteiger partial charge in [0, 0.05) is 42.2 Å². The molecule has 0 unspecified atom stereocenters. The average molecular weight is 471 g/mol. The second-order valence-corrected chi connectivity index (χ2v) is 6.96. The minimum Gasteiger partial charge on any atom is -0.495 e. The summed E-state index contributed by atoms with van der Waals surface area (Å²) < 4.78 is 116. The SMILES string of the molecule is [2H]C([2H])([2H])Oc1ccc(Nc2ncnc3cc(OC([2H])([2H])[2H])c(OC([2H])([2H])C([2H])([2H])C([2H])([2H])N4CCOCC4)cc23)cc1Cl. The summed E-state index contributed by atoms with van der Waals surface area (Å²) in [6.45, 7) is -5.98. The van der Waals surface area contributed by atoms with Crippen LogP contribution in [-0.2, 0) is 4.74 Å². The number of hydrogen-bond donors (Lipinski definition) is 1. The average Bonchev–Trinajstić information content (AvgIpc) is 2.89. The predicted molar refractivity (Wildman–Crippen MR) is 125 cm³/mol. The minimum atomic E-state index is -3.37. The maximum Gasteiger partial charge on any atom is 0.162 e. The molecule has 0 radical (unpaired) electrons. The molecule has 0 spiro atoms. The Labute approximate surface area is 209 Å². The molecule has 2 heterocycles. The van der Waals surface area contributed by atoms with Crippen molar-refractivity contribution in [3.8, 4) is 17.2 Å². The normalized spacial score (nSPS) is 22.0.